The molecular weight excluding hydrogens is 1610 g/mol. The first kappa shape index (κ1) is 76.9. The summed E-state index contributed by atoms with van der Waals surface area (Å²) in [5, 5.41) is 4.60. The molecule has 6 heteroatoms. The van der Waals surface area contributed by atoms with Crippen LogP contribution in [0.5, 0.6) is 0 Å². The average Bonchev–Trinajstić information content (AvgIpc) is 1.55. The van der Waals surface area contributed by atoms with Gasteiger partial charge in [0.05, 0.1) is 55.9 Å². The van der Waals surface area contributed by atoms with E-state index < -0.39 is 12.1 Å². The molecule has 3 aliphatic rings. The SMILES string of the molecule is c1ccc(-c2cccc(-c3cccc(-c4cccc(-c5ccccc5)c4)c3N3c4cc5c6ccccc6n(-c6ccccc6)c5cc4B4c5cc6c(cc5N(c5c(-c7cccc(-c8ccccc8)c7)cccc5-c5cccc(-c7ccccc7)c5)c5cc(N7c8ccccc8C(c8ccccc8)(c8ccccc8)c8ccccc87)cc3c54)c3ccccc3n6-c3ccccc3)c2)cc1. The standard InChI is InChI=1S/C127H84BN5/c1-9-39-85(40-10-1)89-47-33-51-93(75-89)102-65-37-66-103(94-52-34-48-90(76-94)86-41-11-2-12-42-86)125(102)132-120-81-108-106-63-25-29-71-114(106)129(99-59-21-7-22-60-99)118(108)83-112(120)128-113-84-119-109(107-64-26-30-72-115(107)130(119)100-61-23-8-24-62-100)82-121(113)133(126-104(95-53-35-49-91(77-95)87-43-13-3-14-44-87)67-38-68-105(126)96-54-36-50-92(78-96)88-45-15-4-16-46-88)123-80-101(79-122(132)124(123)128)131-116-73-31-27-69-110(116)127(97-55-17-5-18-56-97,98-57-19-6-20-58-98)111-70-28-32-74-117(111)131/h1-84H. The van der Waals surface area contributed by atoms with Crippen LogP contribution in [0.3, 0.4) is 0 Å². The molecule has 5 heterocycles. The predicted molar refractivity (Wildman–Crippen MR) is 559 cm³/mol. The van der Waals surface area contributed by atoms with Crippen molar-refractivity contribution in [3.05, 3.63) is 532 Å². The normalized spacial score (nSPS) is 12.8. The van der Waals surface area contributed by atoms with E-state index in [2.05, 4.69) is 533 Å². The zero-order valence-corrected chi connectivity index (χ0v) is 72.8. The Morgan fingerprint density at radius 3 is 0.812 bits per heavy atom. The van der Waals surface area contributed by atoms with Gasteiger partial charge in [-0.1, -0.05) is 400 Å². The first-order valence-electron chi connectivity index (χ1n) is 46.1. The van der Waals surface area contributed by atoms with Crippen molar-refractivity contribution in [2.45, 2.75) is 5.41 Å². The highest BCUT2D eigenvalue weighted by Crippen LogP contribution is 2.61. The molecule has 2 aromatic heterocycles. The van der Waals surface area contributed by atoms with Crippen LogP contribution in [0, 0.1) is 0 Å². The lowest BCUT2D eigenvalue weighted by Crippen LogP contribution is -2.61. The van der Waals surface area contributed by atoms with E-state index in [1.54, 1.807) is 0 Å². The number of nitrogens with zero attached hydrogens (tertiary/aromatic N) is 5. The summed E-state index contributed by atoms with van der Waals surface area (Å²) in [6.45, 7) is -0.462. The Balaban J connectivity index is 0.878. The molecule has 0 N–H and O–H groups in total. The van der Waals surface area contributed by atoms with Crippen molar-refractivity contribution >= 4 is 118 Å². The molecule has 0 amide bonds. The van der Waals surface area contributed by atoms with Crippen molar-refractivity contribution in [1.29, 1.82) is 0 Å². The van der Waals surface area contributed by atoms with Crippen LogP contribution in [0.2, 0.25) is 0 Å². The Bertz CT molecular complexity index is 7810. The molecule has 620 valence electrons. The summed E-state index contributed by atoms with van der Waals surface area (Å²) in [4.78, 5) is 8.16. The average molecular weight is 1690 g/mol. The van der Waals surface area contributed by atoms with Crippen molar-refractivity contribution < 1.29 is 0 Å². The molecule has 23 aromatic rings. The summed E-state index contributed by atoms with van der Waals surface area (Å²) in [5.41, 5.74) is 41.2. The van der Waals surface area contributed by atoms with E-state index in [1.807, 2.05) is 0 Å². The molecule has 0 aliphatic carbocycles. The maximum Gasteiger partial charge on any atom is 0.252 e. The van der Waals surface area contributed by atoms with Crippen molar-refractivity contribution in [3.63, 3.8) is 0 Å². The molecule has 5 nitrogen and oxygen atoms in total. The van der Waals surface area contributed by atoms with Crippen LogP contribution in [-0.2, 0) is 5.41 Å². The second kappa shape index (κ2) is 31.6. The van der Waals surface area contributed by atoms with Gasteiger partial charge in [0.2, 0.25) is 0 Å². The second-order valence-corrected chi connectivity index (χ2v) is 35.3. The minimum Gasteiger partial charge on any atom is -0.310 e. The molecule has 0 saturated carbocycles. The van der Waals surface area contributed by atoms with Crippen molar-refractivity contribution in [3.8, 4) is 100 Å². The van der Waals surface area contributed by atoms with Crippen LogP contribution in [0.15, 0.2) is 510 Å². The highest BCUT2D eigenvalue weighted by molar-refractivity contribution is 7.00. The fourth-order valence-electron chi connectivity index (χ4n) is 22.4. The van der Waals surface area contributed by atoms with Crippen molar-refractivity contribution in [1.82, 2.24) is 9.13 Å². The van der Waals surface area contributed by atoms with Gasteiger partial charge in [0.15, 0.2) is 0 Å². The van der Waals surface area contributed by atoms with Crippen molar-refractivity contribution in [2.24, 2.45) is 0 Å². The van der Waals surface area contributed by atoms with E-state index in [0.29, 0.717) is 0 Å². The number of anilines is 9. The molecule has 0 bridgehead atoms. The van der Waals surface area contributed by atoms with Crippen LogP contribution in [0.1, 0.15) is 22.3 Å². The van der Waals surface area contributed by atoms with Gasteiger partial charge in [0.25, 0.3) is 6.71 Å². The van der Waals surface area contributed by atoms with E-state index in [9.17, 15) is 0 Å². The lowest BCUT2D eigenvalue weighted by Gasteiger charge is -2.48. The van der Waals surface area contributed by atoms with E-state index in [1.165, 1.54) is 22.3 Å². The lowest BCUT2D eigenvalue weighted by molar-refractivity contribution is 0.731. The van der Waals surface area contributed by atoms with Gasteiger partial charge in [0, 0.05) is 77.9 Å². The molecule has 0 fully saturated rings. The third kappa shape index (κ3) is 12.4. The maximum absolute atomic E-state index is 2.76. The Hall–Kier alpha value is -17.3. The summed E-state index contributed by atoms with van der Waals surface area (Å²) in [5.74, 6) is 0. The van der Waals surface area contributed by atoms with Gasteiger partial charge in [0.1, 0.15) is 0 Å². The van der Waals surface area contributed by atoms with Crippen molar-refractivity contribution in [2.75, 3.05) is 14.7 Å². The Morgan fingerprint density at radius 1 is 0.173 bits per heavy atom. The fourth-order valence-corrected chi connectivity index (χ4v) is 22.4. The van der Waals surface area contributed by atoms with E-state index in [4.69, 9.17) is 0 Å². The smallest absolute Gasteiger partial charge is 0.252 e. The second-order valence-electron chi connectivity index (χ2n) is 35.3. The van der Waals surface area contributed by atoms with Crippen LogP contribution < -0.4 is 31.1 Å². The monoisotopic (exact) mass is 1690 g/mol. The van der Waals surface area contributed by atoms with Gasteiger partial charge in [-0.3, -0.25) is 0 Å². The third-order valence-corrected chi connectivity index (χ3v) is 28.1. The Morgan fingerprint density at radius 2 is 0.459 bits per heavy atom. The molecular formula is C127H84BN5. The highest BCUT2D eigenvalue weighted by atomic mass is 15.2. The zero-order chi connectivity index (χ0) is 87.6. The lowest BCUT2D eigenvalue weighted by atomic mass is 9.33. The third-order valence-electron chi connectivity index (χ3n) is 28.1. The summed E-state index contributed by atoms with van der Waals surface area (Å²) in [6.07, 6.45) is 0. The van der Waals surface area contributed by atoms with Crippen LogP contribution in [0.4, 0.5) is 51.2 Å². The van der Waals surface area contributed by atoms with Crippen LogP contribution in [0.25, 0.3) is 144 Å². The Labute approximate surface area is 773 Å². The molecule has 0 saturated heterocycles. The minimum atomic E-state index is -0.781. The van der Waals surface area contributed by atoms with Gasteiger partial charge < -0.3 is 23.8 Å². The van der Waals surface area contributed by atoms with Gasteiger partial charge >= 0.3 is 0 Å². The molecule has 21 aromatic carbocycles. The number of rotatable bonds is 15. The molecule has 133 heavy (non-hydrogen) atoms. The Kier molecular flexibility index (Phi) is 18.2. The van der Waals surface area contributed by atoms with E-state index >= 15 is 0 Å². The summed E-state index contributed by atoms with van der Waals surface area (Å²) < 4.78 is 5.05. The molecule has 26 rings (SSSR count). The number of fused-ring (bicyclic) bond motifs is 12. The quantitative estimate of drug-likeness (QED) is 0.0954. The van der Waals surface area contributed by atoms with Gasteiger partial charge in [-0.2, -0.15) is 0 Å². The predicted octanol–water partition coefficient (Wildman–Crippen LogP) is 31.5. The first-order chi connectivity index (χ1) is 66.0. The topological polar surface area (TPSA) is 19.6 Å². The number of para-hydroxylation sites is 8. The molecule has 0 spiro atoms. The van der Waals surface area contributed by atoms with Crippen LogP contribution >= 0.6 is 0 Å². The number of hydrogen-bond donors (Lipinski definition) is 0. The first-order valence-corrected chi connectivity index (χ1v) is 46.1. The molecule has 0 unspecified atom stereocenters. The molecule has 3 aliphatic heterocycles. The fraction of sp³-hybridized carbons (Fsp3) is 0.00787. The van der Waals surface area contributed by atoms with Crippen LogP contribution in [-0.4, -0.2) is 15.8 Å². The molecule has 0 radical (unpaired) electrons. The summed E-state index contributed by atoms with van der Waals surface area (Å²) in [6, 6.07) is 192. The van der Waals surface area contributed by atoms with Gasteiger partial charge in [-0.05, 0) is 215 Å². The number of hydrogen-bond acceptors (Lipinski definition) is 3. The minimum absolute atomic E-state index is 0.462. The molecule has 0 atom stereocenters. The van der Waals surface area contributed by atoms with Gasteiger partial charge in [-0.15, -0.1) is 0 Å². The maximum atomic E-state index is 2.76. The summed E-state index contributed by atoms with van der Waals surface area (Å²) >= 11 is 0. The number of benzene rings is 21. The number of aromatic nitrogens is 2. The van der Waals surface area contributed by atoms with E-state index in [0.717, 1.165) is 212 Å². The summed E-state index contributed by atoms with van der Waals surface area (Å²) in [7, 11) is 0. The van der Waals surface area contributed by atoms with E-state index in [-0.39, 0.29) is 0 Å². The largest absolute Gasteiger partial charge is 0.310 e. The highest BCUT2D eigenvalue weighted by Gasteiger charge is 2.50. The zero-order valence-electron chi connectivity index (χ0n) is 72.8. The van der Waals surface area contributed by atoms with Gasteiger partial charge in [-0.25, -0.2) is 0 Å².